The summed E-state index contributed by atoms with van der Waals surface area (Å²) in [7, 11) is 0.316. The number of nitrogens with zero attached hydrogens (tertiary/aromatic N) is 2. The molecule has 0 bridgehead atoms. The van der Waals surface area contributed by atoms with Gasteiger partial charge in [-0.1, -0.05) is 23.4 Å². The lowest BCUT2D eigenvalue weighted by molar-refractivity contribution is -0.146. The van der Waals surface area contributed by atoms with Crippen molar-refractivity contribution < 1.29 is 13.3 Å². The molecule has 1 aliphatic carbocycles. The SMILES string of the molecule is CC(C)N(OC1CCCC1)S(=O)(=O)c1cccc(NCCN(C)C)c1. The minimum atomic E-state index is -3.69. The number of nitrogens with one attached hydrogen (secondary N) is 1. The molecule has 142 valence electrons. The summed E-state index contributed by atoms with van der Waals surface area (Å²) >= 11 is 0. The third-order valence-corrected chi connectivity index (χ3v) is 6.06. The van der Waals surface area contributed by atoms with Crippen LogP contribution in [0.25, 0.3) is 0 Å². The van der Waals surface area contributed by atoms with Crippen LogP contribution in [-0.2, 0) is 14.9 Å². The second kappa shape index (κ2) is 8.98. The molecule has 0 atom stereocenters. The van der Waals surface area contributed by atoms with Gasteiger partial charge in [0.05, 0.1) is 11.0 Å². The van der Waals surface area contributed by atoms with Crippen LogP contribution in [0, 0.1) is 0 Å². The first-order valence-electron chi connectivity index (χ1n) is 9.00. The van der Waals surface area contributed by atoms with Gasteiger partial charge >= 0.3 is 0 Å². The molecule has 1 fully saturated rings. The highest BCUT2D eigenvalue weighted by molar-refractivity contribution is 7.89. The van der Waals surface area contributed by atoms with Gasteiger partial charge in [0, 0.05) is 24.8 Å². The van der Waals surface area contributed by atoms with Gasteiger partial charge in [-0.25, -0.2) is 8.42 Å². The molecule has 0 radical (unpaired) electrons. The van der Waals surface area contributed by atoms with E-state index in [0.29, 0.717) is 0 Å². The number of rotatable bonds is 9. The molecule has 0 aromatic heterocycles. The highest BCUT2D eigenvalue weighted by Gasteiger charge is 2.32. The summed E-state index contributed by atoms with van der Waals surface area (Å²) in [6.07, 6.45) is 4.04. The molecular formula is C18H31N3O3S. The summed E-state index contributed by atoms with van der Waals surface area (Å²) < 4.78 is 27.3. The van der Waals surface area contributed by atoms with Gasteiger partial charge < -0.3 is 10.2 Å². The number of hydrogen-bond acceptors (Lipinski definition) is 5. The minimum Gasteiger partial charge on any atom is -0.384 e. The summed E-state index contributed by atoms with van der Waals surface area (Å²) in [6.45, 7) is 5.31. The molecule has 2 rings (SSSR count). The standard InChI is InChI=1S/C18H31N3O3S/c1-15(2)21(24-17-9-5-6-10-17)25(22,23)18-11-7-8-16(14-18)19-12-13-20(3)4/h7-8,11,14-15,17,19H,5-6,9-10,12-13H2,1-4H3. The molecule has 0 saturated heterocycles. The Hall–Kier alpha value is -1.15. The topological polar surface area (TPSA) is 61.9 Å². The molecule has 0 heterocycles. The van der Waals surface area contributed by atoms with Crippen molar-refractivity contribution in [2.45, 2.75) is 56.6 Å². The molecular weight excluding hydrogens is 338 g/mol. The lowest BCUT2D eigenvalue weighted by Crippen LogP contribution is -2.39. The van der Waals surface area contributed by atoms with Crippen molar-refractivity contribution in [3.05, 3.63) is 24.3 Å². The summed E-state index contributed by atoms with van der Waals surface area (Å²) in [4.78, 5) is 8.19. The molecule has 0 spiro atoms. The Labute approximate surface area is 152 Å². The van der Waals surface area contributed by atoms with E-state index in [1.165, 1.54) is 4.47 Å². The highest BCUT2D eigenvalue weighted by atomic mass is 32.2. The van der Waals surface area contributed by atoms with Gasteiger partial charge in [-0.3, -0.25) is 4.84 Å². The molecule has 6 nitrogen and oxygen atoms in total. The zero-order valence-electron chi connectivity index (χ0n) is 15.7. The fraction of sp³-hybridized carbons (Fsp3) is 0.667. The van der Waals surface area contributed by atoms with Crippen LogP contribution in [0.15, 0.2) is 29.2 Å². The Balaban J connectivity index is 2.15. The van der Waals surface area contributed by atoms with E-state index in [9.17, 15) is 8.42 Å². The maximum Gasteiger partial charge on any atom is 0.265 e. The van der Waals surface area contributed by atoms with Crippen molar-refractivity contribution >= 4 is 15.7 Å². The summed E-state index contributed by atoms with van der Waals surface area (Å²) in [5, 5.41) is 3.26. The second-order valence-corrected chi connectivity index (χ2v) is 8.91. The molecule has 25 heavy (non-hydrogen) atoms. The van der Waals surface area contributed by atoms with Crippen LogP contribution in [-0.4, -0.2) is 57.1 Å². The molecule has 7 heteroatoms. The van der Waals surface area contributed by atoms with E-state index in [0.717, 1.165) is 44.5 Å². The van der Waals surface area contributed by atoms with Crippen LogP contribution in [0.3, 0.4) is 0 Å². The third-order valence-electron chi connectivity index (χ3n) is 4.23. The van der Waals surface area contributed by atoms with E-state index in [1.54, 1.807) is 18.2 Å². The molecule has 1 aromatic carbocycles. The van der Waals surface area contributed by atoms with Gasteiger partial charge in [-0.2, -0.15) is 0 Å². The van der Waals surface area contributed by atoms with Crippen LogP contribution >= 0.6 is 0 Å². The van der Waals surface area contributed by atoms with Crippen LogP contribution in [0.5, 0.6) is 0 Å². The minimum absolute atomic E-state index is 0.00132. The van der Waals surface area contributed by atoms with E-state index in [1.807, 2.05) is 34.0 Å². The van der Waals surface area contributed by atoms with Crippen molar-refractivity contribution in [2.75, 3.05) is 32.5 Å². The maximum absolute atomic E-state index is 13.1. The summed E-state index contributed by atoms with van der Waals surface area (Å²) in [5.41, 5.74) is 0.799. The van der Waals surface area contributed by atoms with E-state index in [2.05, 4.69) is 10.2 Å². The smallest absolute Gasteiger partial charge is 0.265 e. The molecule has 1 saturated carbocycles. The van der Waals surface area contributed by atoms with Crippen molar-refractivity contribution in [3.8, 4) is 0 Å². The Bertz CT molecular complexity index is 641. The van der Waals surface area contributed by atoms with Crippen LogP contribution < -0.4 is 5.32 Å². The number of benzene rings is 1. The first-order valence-corrected chi connectivity index (χ1v) is 10.4. The van der Waals surface area contributed by atoms with Gasteiger partial charge in [-0.15, -0.1) is 0 Å². The third kappa shape index (κ3) is 5.67. The van der Waals surface area contributed by atoms with Crippen LogP contribution in [0.2, 0.25) is 0 Å². The van der Waals surface area contributed by atoms with E-state index < -0.39 is 10.0 Å². The fourth-order valence-corrected chi connectivity index (χ4v) is 4.42. The Morgan fingerprint density at radius 3 is 2.52 bits per heavy atom. The van der Waals surface area contributed by atoms with E-state index >= 15 is 0 Å². The van der Waals surface area contributed by atoms with Crippen molar-refractivity contribution in [1.29, 1.82) is 0 Å². The summed E-state index contributed by atoms with van der Waals surface area (Å²) in [6, 6.07) is 6.69. The Morgan fingerprint density at radius 2 is 1.92 bits per heavy atom. The zero-order chi connectivity index (χ0) is 18.4. The summed E-state index contributed by atoms with van der Waals surface area (Å²) in [5.74, 6) is 0. The molecule has 1 aliphatic rings. The van der Waals surface area contributed by atoms with Gasteiger partial charge in [0.25, 0.3) is 10.0 Å². The molecule has 1 N–H and O–H groups in total. The van der Waals surface area contributed by atoms with Gasteiger partial charge in [0.1, 0.15) is 0 Å². The van der Waals surface area contributed by atoms with E-state index in [4.69, 9.17) is 4.84 Å². The van der Waals surface area contributed by atoms with Crippen LogP contribution in [0.4, 0.5) is 5.69 Å². The first-order chi connectivity index (χ1) is 11.8. The van der Waals surface area contributed by atoms with Crippen molar-refractivity contribution in [3.63, 3.8) is 0 Å². The Kier molecular flexibility index (Phi) is 7.25. The predicted octanol–water partition coefficient (Wildman–Crippen LogP) is 2.93. The van der Waals surface area contributed by atoms with Gasteiger partial charge in [0.2, 0.25) is 0 Å². The number of hydrogen-bond donors (Lipinski definition) is 1. The van der Waals surface area contributed by atoms with Crippen molar-refractivity contribution in [1.82, 2.24) is 9.37 Å². The lowest BCUT2D eigenvalue weighted by Gasteiger charge is -2.28. The zero-order valence-corrected chi connectivity index (χ0v) is 16.6. The number of likely N-dealkylation sites (N-methyl/N-ethyl adjacent to an activating group) is 1. The molecule has 0 aliphatic heterocycles. The lowest BCUT2D eigenvalue weighted by atomic mass is 10.3. The highest BCUT2D eigenvalue weighted by Crippen LogP contribution is 2.27. The monoisotopic (exact) mass is 369 g/mol. The van der Waals surface area contributed by atoms with Gasteiger partial charge in [0.15, 0.2) is 0 Å². The number of hydroxylamine groups is 1. The molecule has 0 amide bonds. The van der Waals surface area contributed by atoms with Gasteiger partial charge in [-0.05, 0) is 59.0 Å². The fourth-order valence-electron chi connectivity index (χ4n) is 2.89. The quantitative estimate of drug-likeness (QED) is 0.678. The molecule has 0 unspecified atom stereocenters. The average Bonchev–Trinajstić information content (AvgIpc) is 3.05. The number of anilines is 1. The molecule has 1 aromatic rings. The van der Waals surface area contributed by atoms with E-state index in [-0.39, 0.29) is 17.0 Å². The normalized spacial score (nSPS) is 16.3. The Morgan fingerprint density at radius 1 is 1.24 bits per heavy atom. The average molecular weight is 370 g/mol. The predicted molar refractivity (Wildman–Crippen MR) is 101 cm³/mol. The largest absolute Gasteiger partial charge is 0.384 e. The van der Waals surface area contributed by atoms with Crippen molar-refractivity contribution in [2.24, 2.45) is 0 Å². The second-order valence-electron chi connectivity index (χ2n) is 7.12. The van der Waals surface area contributed by atoms with Crippen LogP contribution in [0.1, 0.15) is 39.5 Å². The number of sulfonamides is 1. The maximum atomic E-state index is 13.1. The first kappa shape index (κ1) is 20.2.